The summed E-state index contributed by atoms with van der Waals surface area (Å²) in [5.41, 5.74) is 2.00. The normalized spacial score (nSPS) is 15.4. The molecule has 0 saturated heterocycles. The molecule has 0 aliphatic carbocycles. The van der Waals surface area contributed by atoms with E-state index >= 15 is 0 Å². The number of nitrogens with one attached hydrogen (secondary N) is 2. The van der Waals surface area contributed by atoms with E-state index in [1.807, 2.05) is 0 Å². The Hall–Kier alpha value is -3.72. The van der Waals surface area contributed by atoms with Crippen LogP contribution in [0.25, 0.3) is 0 Å². The molecule has 1 atom stereocenters. The van der Waals surface area contributed by atoms with Gasteiger partial charge in [-0.2, -0.15) is 10.1 Å². The van der Waals surface area contributed by atoms with Crippen LogP contribution in [-0.2, 0) is 4.79 Å². The van der Waals surface area contributed by atoms with E-state index in [9.17, 15) is 14.9 Å². The van der Waals surface area contributed by atoms with Crippen LogP contribution in [0.4, 0.5) is 17.3 Å². The van der Waals surface area contributed by atoms with Crippen LogP contribution < -0.4 is 10.6 Å². The number of nitro groups is 1. The molecule has 3 aromatic rings. The van der Waals surface area contributed by atoms with Crippen LogP contribution in [0.1, 0.15) is 18.5 Å². The van der Waals surface area contributed by atoms with Gasteiger partial charge in [0, 0.05) is 28.5 Å². The minimum Gasteiger partial charge on any atom is -0.328 e. The van der Waals surface area contributed by atoms with Crippen LogP contribution in [0, 0.1) is 10.1 Å². The van der Waals surface area contributed by atoms with Crippen molar-refractivity contribution in [1.82, 2.24) is 14.8 Å². The van der Waals surface area contributed by atoms with Gasteiger partial charge < -0.3 is 10.6 Å². The average molecular weight is 411 g/mol. The number of nitro benzene ring substituents is 1. The minimum absolute atomic E-state index is 0.0715. The molecule has 9 nitrogen and oxygen atoms in total. The molecule has 2 aromatic carbocycles. The summed E-state index contributed by atoms with van der Waals surface area (Å²) in [5.74, 6) is 0.0806. The topological polar surface area (TPSA) is 115 Å². The first-order chi connectivity index (χ1) is 13.9. The molecule has 0 radical (unpaired) electrons. The molecular weight excluding hydrogens is 396 g/mol. The zero-order valence-electron chi connectivity index (χ0n) is 15.2. The number of amides is 1. The van der Waals surface area contributed by atoms with Gasteiger partial charge in [0.15, 0.2) is 0 Å². The van der Waals surface area contributed by atoms with Crippen molar-refractivity contribution in [2.24, 2.45) is 0 Å². The van der Waals surface area contributed by atoms with Crippen LogP contribution in [-0.4, -0.2) is 25.6 Å². The van der Waals surface area contributed by atoms with Crippen molar-refractivity contribution < 1.29 is 9.72 Å². The number of fused-ring (bicyclic) bond motifs is 1. The fraction of sp³-hybridized carbons (Fsp3) is 0.105. The van der Waals surface area contributed by atoms with Gasteiger partial charge in [-0.05, 0) is 36.8 Å². The number of hydrogen-bond donors (Lipinski definition) is 2. The van der Waals surface area contributed by atoms with Crippen LogP contribution >= 0.6 is 11.6 Å². The molecule has 1 aromatic heterocycles. The summed E-state index contributed by atoms with van der Waals surface area (Å²) in [4.78, 5) is 28.1. The summed E-state index contributed by atoms with van der Waals surface area (Å²) in [6, 6.07) is 12.2. The molecule has 0 unspecified atom stereocenters. The van der Waals surface area contributed by atoms with E-state index in [0.29, 0.717) is 33.5 Å². The van der Waals surface area contributed by atoms with Crippen LogP contribution in [0.3, 0.4) is 0 Å². The Balaban J connectivity index is 1.77. The van der Waals surface area contributed by atoms with E-state index in [1.165, 1.54) is 23.1 Å². The first-order valence-corrected chi connectivity index (χ1v) is 9.00. The number of anilines is 2. The Kier molecular flexibility index (Phi) is 4.73. The summed E-state index contributed by atoms with van der Waals surface area (Å²) < 4.78 is 1.53. The summed E-state index contributed by atoms with van der Waals surface area (Å²) >= 11 is 5.90. The molecule has 146 valence electrons. The van der Waals surface area contributed by atoms with Gasteiger partial charge in [-0.3, -0.25) is 14.9 Å². The fourth-order valence-electron chi connectivity index (χ4n) is 3.23. The number of carbonyl (C=O) groups is 1. The largest absolute Gasteiger partial charge is 0.328 e. The number of carbonyl (C=O) groups excluding carboxylic acids is 1. The second-order valence-electron chi connectivity index (χ2n) is 6.41. The number of benzene rings is 2. The van der Waals surface area contributed by atoms with Crippen molar-refractivity contribution in [3.8, 4) is 0 Å². The van der Waals surface area contributed by atoms with Gasteiger partial charge in [0.2, 0.25) is 5.95 Å². The molecule has 0 fully saturated rings. The zero-order valence-corrected chi connectivity index (χ0v) is 15.9. The number of nitrogens with zero attached hydrogens (tertiary/aromatic N) is 4. The van der Waals surface area contributed by atoms with Crippen LogP contribution in [0.2, 0.25) is 5.02 Å². The number of non-ortho nitro benzene ring substituents is 1. The third-order valence-electron chi connectivity index (χ3n) is 4.54. The highest BCUT2D eigenvalue weighted by atomic mass is 35.5. The van der Waals surface area contributed by atoms with Gasteiger partial charge >= 0.3 is 0 Å². The second-order valence-corrected chi connectivity index (χ2v) is 6.84. The Labute approximate surface area is 170 Å². The van der Waals surface area contributed by atoms with Crippen molar-refractivity contribution in [3.05, 3.63) is 86.8 Å². The van der Waals surface area contributed by atoms with Crippen molar-refractivity contribution in [3.63, 3.8) is 0 Å². The number of hydrogen-bond acceptors (Lipinski definition) is 6. The molecule has 10 heteroatoms. The van der Waals surface area contributed by atoms with E-state index in [1.54, 1.807) is 43.3 Å². The maximum Gasteiger partial charge on any atom is 0.269 e. The fourth-order valence-corrected chi connectivity index (χ4v) is 3.36. The number of aromatic nitrogens is 3. The van der Waals surface area contributed by atoms with E-state index < -0.39 is 11.0 Å². The Morgan fingerprint density at radius 3 is 2.76 bits per heavy atom. The summed E-state index contributed by atoms with van der Waals surface area (Å²) in [6.07, 6.45) is 1.36. The standard InChI is InChI=1S/C19H15ClN6O3/c1-11-16(18(27)24-14-7-5-13(20)6-8-14)17(25-19(23-11)21-10-22-25)12-3-2-4-15(9-12)26(28)29/h2-10,17H,1H3,(H,24,27)(H,21,22,23)/t17-/m1/s1. The highest BCUT2D eigenvalue weighted by molar-refractivity contribution is 6.30. The quantitative estimate of drug-likeness (QED) is 0.499. The van der Waals surface area contributed by atoms with E-state index in [-0.39, 0.29) is 11.6 Å². The van der Waals surface area contributed by atoms with Crippen LogP contribution in [0.15, 0.2) is 66.1 Å². The number of halogens is 1. The van der Waals surface area contributed by atoms with Gasteiger partial charge in [-0.15, -0.1) is 0 Å². The molecule has 2 heterocycles. The lowest BCUT2D eigenvalue weighted by Crippen LogP contribution is -2.31. The van der Waals surface area contributed by atoms with Gasteiger partial charge in [0.05, 0.1) is 10.5 Å². The van der Waals surface area contributed by atoms with Gasteiger partial charge in [0.25, 0.3) is 11.6 Å². The first kappa shape index (κ1) is 18.6. The molecule has 0 bridgehead atoms. The van der Waals surface area contributed by atoms with E-state index in [2.05, 4.69) is 20.7 Å². The minimum atomic E-state index is -0.680. The first-order valence-electron chi connectivity index (χ1n) is 8.62. The molecular formula is C19H15ClN6O3. The highest BCUT2D eigenvalue weighted by Crippen LogP contribution is 2.36. The van der Waals surface area contributed by atoms with Gasteiger partial charge in [0.1, 0.15) is 12.4 Å². The van der Waals surface area contributed by atoms with Crippen molar-refractivity contribution in [2.45, 2.75) is 13.0 Å². The Morgan fingerprint density at radius 1 is 1.28 bits per heavy atom. The smallest absolute Gasteiger partial charge is 0.269 e. The molecule has 4 rings (SSSR count). The monoisotopic (exact) mass is 410 g/mol. The molecule has 1 aliphatic heterocycles. The summed E-state index contributed by atoms with van der Waals surface area (Å²) in [7, 11) is 0. The Bertz CT molecular complexity index is 1140. The molecule has 2 N–H and O–H groups in total. The van der Waals surface area contributed by atoms with Crippen molar-refractivity contribution in [1.29, 1.82) is 0 Å². The highest BCUT2D eigenvalue weighted by Gasteiger charge is 2.34. The molecule has 29 heavy (non-hydrogen) atoms. The van der Waals surface area contributed by atoms with Crippen molar-refractivity contribution >= 4 is 34.8 Å². The SMILES string of the molecule is CC1=C(C(=O)Nc2ccc(Cl)cc2)[C@@H](c2cccc([N+](=O)[O-])c2)n2ncnc2N1. The molecule has 1 aliphatic rings. The van der Waals surface area contributed by atoms with Gasteiger partial charge in [-0.25, -0.2) is 4.68 Å². The van der Waals surface area contributed by atoms with Crippen LogP contribution in [0.5, 0.6) is 0 Å². The molecule has 0 spiro atoms. The number of rotatable bonds is 4. The molecule has 0 saturated carbocycles. The predicted octanol–water partition coefficient (Wildman–Crippen LogP) is 3.77. The second kappa shape index (κ2) is 7.36. The maximum atomic E-state index is 13.2. The van der Waals surface area contributed by atoms with Crippen molar-refractivity contribution in [2.75, 3.05) is 10.6 Å². The maximum absolute atomic E-state index is 13.2. The number of allylic oxidation sites excluding steroid dienone is 1. The predicted molar refractivity (Wildman–Crippen MR) is 108 cm³/mol. The lowest BCUT2D eigenvalue weighted by Gasteiger charge is -2.28. The lowest BCUT2D eigenvalue weighted by molar-refractivity contribution is -0.384. The zero-order chi connectivity index (χ0) is 20.5. The molecule has 1 amide bonds. The van der Waals surface area contributed by atoms with E-state index in [0.717, 1.165) is 0 Å². The third kappa shape index (κ3) is 3.55. The van der Waals surface area contributed by atoms with E-state index in [4.69, 9.17) is 11.6 Å². The third-order valence-corrected chi connectivity index (χ3v) is 4.79. The van der Waals surface area contributed by atoms with Gasteiger partial charge in [-0.1, -0.05) is 23.7 Å². The summed E-state index contributed by atoms with van der Waals surface area (Å²) in [6.45, 7) is 1.75. The average Bonchev–Trinajstić information content (AvgIpc) is 3.16. The summed E-state index contributed by atoms with van der Waals surface area (Å²) in [5, 5.41) is 21.9. The Morgan fingerprint density at radius 2 is 2.03 bits per heavy atom. The lowest BCUT2D eigenvalue weighted by atomic mass is 9.94.